The topological polar surface area (TPSA) is 81.5 Å². The zero-order chi connectivity index (χ0) is 13.2. The molecule has 0 spiro atoms. The summed E-state index contributed by atoms with van der Waals surface area (Å²) in [5.41, 5.74) is 0. The molecule has 2 aliphatic rings. The van der Waals surface area contributed by atoms with Crippen LogP contribution in [-0.2, 0) is 14.6 Å². The SMILES string of the molecule is N#CCN1CCN(C(=O)C2CCS(=O)(=O)C2)CC1. The molecule has 0 aromatic rings. The average Bonchev–Trinajstić information content (AvgIpc) is 2.70. The first kappa shape index (κ1) is 13.3. The van der Waals surface area contributed by atoms with Crippen molar-refractivity contribution in [3.8, 4) is 6.07 Å². The van der Waals surface area contributed by atoms with Crippen molar-refractivity contribution in [3.63, 3.8) is 0 Å². The van der Waals surface area contributed by atoms with Crippen molar-refractivity contribution in [3.05, 3.63) is 0 Å². The van der Waals surface area contributed by atoms with Gasteiger partial charge in [0.25, 0.3) is 0 Å². The standard InChI is InChI=1S/C11H17N3O3S/c12-2-3-13-4-6-14(7-5-13)11(15)10-1-8-18(16,17)9-10/h10H,1,3-9H2. The van der Waals surface area contributed by atoms with Crippen molar-refractivity contribution in [1.82, 2.24) is 9.80 Å². The Labute approximate surface area is 107 Å². The minimum atomic E-state index is -3.00. The molecule has 6 nitrogen and oxygen atoms in total. The normalized spacial score (nSPS) is 27.9. The number of piperazine rings is 1. The highest BCUT2D eigenvalue weighted by atomic mass is 32.2. The van der Waals surface area contributed by atoms with Crippen LogP contribution in [0.15, 0.2) is 0 Å². The highest BCUT2D eigenvalue weighted by molar-refractivity contribution is 7.91. The lowest BCUT2D eigenvalue weighted by atomic mass is 10.1. The van der Waals surface area contributed by atoms with Crippen molar-refractivity contribution >= 4 is 15.7 Å². The number of carbonyl (C=O) groups is 1. The quantitative estimate of drug-likeness (QED) is 0.607. The Balaban J connectivity index is 1.87. The molecule has 0 aromatic carbocycles. The van der Waals surface area contributed by atoms with E-state index in [-0.39, 0.29) is 23.3 Å². The van der Waals surface area contributed by atoms with E-state index in [1.807, 2.05) is 4.90 Å². The van der Waals surface area contributed by atoms with Crippen LogP contribution in [0, 0.1) is 17.2 Å². The van der Waals surface area contributed by atoms with Crippen LogP contribution in [0.2, 0.25) is 0 Å². The van der Waals surface area contributed by atoms with Crippen molar-refractivity contribution in [2.24, 2.45) is 5.92 Å². The van der Waals surface area contributed by atoms with Gasteiger partial charge in [-0.3, -0.25) is 9.69 Å². The van der Waals surface area contributed by atoms with Gasteiger partial charge in [-0.2, -0.15) is 5.26 Å². The molecule has 2 aliphatic heterocycles. The van der Waals surface area contributed by atoms with Crippen LogP contribution >= 0.6 is 0 Å². The van der Waals surface area contributed by atoms with Gasteiger partial charge in [-0.05, 0) is 6.42 Å². The fraction of sp³-hybridized carbons (Fsp3) is 0.818. The second-order valence-corrected chi connectivity index (χ2v) is 7.09. The van der Waals surface area contributed by atoms with Gasteiger partial charge in [-0.25, -0.2) is 8.42 Å². The molecule has 2 saturated heterocycles. The predicted octanol–water partition coefficient (Wildman–Crippen LogP) is -0.911. The van der Waals surface area contributed by atoms with Crippen LogP contribution in [0.3, 0.4) is 0 Å². The van der Waals surface area contributed by atoms with E-state index in [9.17, 15) is 13.2 Å². The molecule has 7 heteroatoms. The first-order valence-electron chi connectivity index (χ1n) is 6.10. The minimum absolute atomic E-state index is 0.00421. The smallest absolute Gasteiger partial charge is 0.226 e. The zero-order valence-corrected chi connectivity index (χ0v) is 11.0. The van der Waals surface area contributed by atoms with E-state index in [4.69, 9.17) is 5.26 Å². The average molecular weight is 271 g/mol. The predicted molar refractivity (Wildman–Crippen MR) is 65.4 cm³/mol. The molecule has 2 rings (SSSR count). The second-order valence-electron chi connectivity index (χ2n) is 4.86. The maximum absolute atomic E-state index is 12.1. The third-order valence-corrected chi connectivity index (χ3v) is 5.33. The number of nitriles is 1. The second kappa shape index (κ2) is 5.24. The summed E-state index contributed by atoms with van der Waals surface area (Å²) in [6.45, 7) is 2.96. The van der Waals surface area contributed by atoms with Crippen molar-refractivity contribution in [2.75, 3.05) is 44.2 Å². The molecule has 2 heterocycles. The molecule has 18 heavy (non-hydrogen) atoms. The van der Waals surface area contributed by atoms with Crippen LogP contribution in [-0.4, -0.2) is 68.4 Å². The van der Waals surface area contributed by atoms with E-state index >= 15 is 0 Å². The number of hydrogen-bond donors (Lipinski definition) is 0. The summed E-state index contributed by atoms with van der Waals surface area (Å²) in [5, 5.41) is 8.58. The Hall–Kier alpha value is -1.13. The van der Waals surface area contributed by atoms with Gasteiger partial charge >= 0.3 is 0 Å². The highest BCUT2D eigenvalue weighted by Gasteiger charge is 2.36. The fourth-order valence-electron chi connectivity index (χ4n) is 2.47. The van der Waals surface area contributed by atoms with Gasteiger partial charge in [0, 0.05) is 26.2 Å². The Kier molecular flexibility index (Phi) is 3.88. The molecule has 100 valence electrons. The van der Waals surface area contributed by atoms with Crippen LogP contribution in [0.5, 0.6) is 0 Å². The number of hydrogen-bond acceptors (Lipinski definition) is 5. The van der Waals surface area contributed by atoms with E-state index in [0.29, 0.717) is 39.1 Å². The van der Waals surface area contributed by atoms with E-state index in [1.165, 1.54) is 0 Å². The number of amides is 1. The summed E-state index contributed by atoms with van der Waals surface area (Å²) in [6, 6.07) is 2.09. The van der Waals surface area contributed by atoms with E-state index in [1.54, 1.807) is 4.90 Å². The summed E-state index contributed by atoms with van der Waals surface area (Å²) in [4.78, 5) is 15.9. The minimum Gasteiger partial charge on any atom is -0.340 e. The van der Waals surface area contributed by atoms with Gasteiger partial charge in [-0.15, -0.1) is 0 Å². The lowest BCUT2D eigenvalue weighted by molar-refractivity contribution is -0.136. The molecule has 1 unspecified atom stereocenters. The summed E-state index contributed by atoms with van der Waals surface area (Å²) in [6.07, 6.45) is 0.458. The monoisotopic (exact) mass is 271 g/mol. The largest absolute Gasteiger partial charge is 0.340 e. The summed E-state index contributed by atoms with van der Waals surface area (Å²) >= 11 is 0. The molecular weight excluding hydrogens is 254 g/mol. The van der Waals surface area contributed by atoms with Gasteiger partial charge in [-0.1, -0.05) is 0 Å². The maximum atomic E-state index is 12.1. The molecule has 0 aromatic heterocycles. The van der Waals surface area contributed by atoms with Crippen molar-refractivity contribution in [1.29, 1.82) is 5.26 Å². The van der Waals surface area contributed by atoms with Gasteiger partial charge < -0.3 is 4.90 Å². The van der Waals surface area contributed by atoms with E-state index < -0.39 is 9.84 Å². The number of carbonyl (C=O) groups excluding carboxylic acids is 1. The molecule has 1 atom stereocenters. The molecule has 0 bridgehead atoms. The number of nitrogens with zero attached hydrogens (tertiary/aromatic N) is 3. The molecular formula is C11H17N3O3S. The first-order chi connectivity index (χ1) is 8.52. The van der Waals surface area contributed by atoms with Crippen LogP contribution in [0.25, 0.3) is 0 Å². The van der Waals surface area contributed by atoms with Gasteiger partial charge in [0.1, 0.15) is 0 Å². The third-order valence-electron chi connectivity index (χ3n) is 3.56. The van der Waals surface area contributed by atoms with Crippen molar-refractivity contribution < 1.29 is 13.2 Å². The van der Waals surface area contributed by atoms with Gasteiger partial charge in [0.05, 0.1) is 30.0 Å². The molecule has 0 aliphatic carbocycles. The number of sulfone groups is 1. The molecule has 1 amide bonds. The first-order valence-corrected chi connectivity index (χ1v) is 7.92. The summed E-state index contributed by atoms with van der Waals surface area (Å²) in [5.74, 6) is -0.243. The Morgan fingerprint density at radius 2 is 1.94 bits per heavy atom. The van der Waals surface area contributed by atoms with E-state index in [2.05, 4.69) is 6.07 Å². The lowest BCUT2D eigenvalue weighted by Gasteiger charge is -2.34. The van der Waals surface area contributed by atoms with Crippen molar-refractivity contribution in [2.45, 2.75) is 6.42 Å². The maximum Gasteiger partial charge on any atom is 0.226 e. The highest BCUT2D eigenvalue weighted by Crippen LogP contribution is 2.21. The van der Waals surface area contributed by atoms with Crippen LogP contribution in [0.4, 0.5) is 0 Å². The Bertz CT molecular complexity index is 460. The summed E-state index contributed by atoms with van der Waals surface area (Å²) in [7, 11) is -3.00. The molecule has 0 radical (unpaired) electrons. The molecule has 2 fully saturated rings. The molecule has 0 N–H and O–H groups in total. The fourth-order valence-corrected chi connectivity index (χ4v) is 4.21. The Morgan fingerprint density at radius 3 is 2.44 bits per heavy atom. The van der Waals surface area contributed by atoms with Crippen LogP contribution in [0.1, 0.15) is 6.42 Å². The van der Waals surface area contributed by atoms with Crippen LogP contribution < -0.4 is 0 Å². The van der Waals surface area contributed by atoms with E-state index in [0.717, 1.165) is 0 Å². The molecule has 0 saturated carbocycles. The van der Waals surface area contributed by atoms with Gasteiger partial charge in [0.2, 0.25) is 5.91 Å². The lowest BCUT2D eigenvalue weighted by Crippen LogP contribution is -2.50. The number of rotatable bonds is 2. The summed E-state index contributed by atoms with van der Waals surface area (Å²) < 4.78 is 22.7. The van der Waals surface area contributed by atoms with Gasteiger partial charge in [0.15, 0.2) is 9.84 Å². The Morgan fingerprint density at radius 1 is 1.28 bits per heavy atom. The third kappa shape index (κ3) is 3.00. The zero-order valence-electron chi connectivity index (χ0n) is 10.2.